The van der Waals surface area contributed by atoms with Gasteiger partial charge in [-0.15, -0.1) is 0 Å². The van der Waals surface area contributed by atoms with E-state index in [-0.39, 0.29) is 17.2 Å². The number of alkyl halides is 3. The molecule has 15 heteroatoms. The van der Waals surface area contributed by atoms with Crippen molar-refractivity contribution in [3.05, 3.63) is 77.7 Å². The number of carbonyl (C=O) groups excluding carboxylic acids is 1. The lowest BCUT2D eigenvalue weighted by Gasteiger charge is -2.17. The number of carbonyl (C=O) groups is 1. The van der Waals surface area contributed by atoms with Crippen molar-refractivity contribution < 1.29 is 32.3 Å². The van der Waals surface area contributed by atoms with E-state index in [2.05, 4.69) is 44.9 Å². The second-order valence-corrected chi connectivity index (χ2v) is 11.6. The molecule has 4 aromatic rings. The molecule has 0 radical (unpaired) electrons. The van der Waals surface area contributed by atoms with Crippen LogP contribution in [0.1, 0.15) is 35.3 Å². The predicted molar refractivity (Wildman–Crippen MR) is 152 cm³/mol. The molecule has 11 nitrogen and oxygen atoms in total. The van der Waals surface area contributed by atoms with E-state index in [0.29, 0.717) is 35.5 Å². The lowest BCUT2D eigenvalue weighted by molar-refractivity contribution is -0.137. The number of benzene rings is 2. The van der Waals surface area contributed by atoms with Crippen molar-refractivity contribution in [1.82, 2.24) is 25.1 Å². The van der Waals surface area contributed by atoms with Crippen LogP contribution in [0, 0.1) is 5.92 Å². The van der Waals surface area contributed by atoms with Gasteiger partial charge in [0.15, 0.2) is 0 Å². The molecule has 0 spiro atoms. The number of aromatic nitrogens is 4. The molecule has 0 saturated heterocycles. The van der Waals surface area contributed by atoms with Crippen LogP contribution in [0.15, 0.2) is 61.1 Å². The van der Waals surface area contributed by atoms with Gasteiger partial charge in [-0.2, -0.15) is 23.3 Å². The number of hydrogen-bond acceptors (Lipinski definition) is 7. The smallest absolute Gasteiger partial charge is 0.355 e. The first-order valence-electron chi connectivity index (χ1n) is 12.7. The molecule has 5 N–H and O–H groups in total. The molecule has 0 bridgehead atoms. The molecule has 0 atom stereocenters. The molecule has 2 aromatic carbocycles. The van der Waals surface area contributed by atoms with Gasteiger partial charge in [-0.1, -0.05) is 32.0 Å². The SMILES string of the molecule is CNC(=O)c1cc(-c2cnn(CC(C)C)c2)ccc1Nc1nc(Nc2ccc(CP(=O)(O)O)cc2)ncc1C(F)(F)F. The minimum atomic E-state index is -4.80. The van der Waals surface area contributed by atoms with Crippen LogP contribution in [0.3, 0.4) is 0 Å². The van der Waals surface area contributed by atoms with Crippen molar-refractivity contribution in [2.75, 3.05) is 17.7 Å². The molecular weight excluding hydrogens is 574 g/mol. The van der Waals surface area contributed by atoms with Crippen molar-refractivity contribution in [1.29, 1.82) is 0 Å². The first-order valence-corrected chi connectivity index (χ1v) is 14.5. The Kier molecular flexibility index (Phi) is 9.00. The highest BCUT2D eigenvalue weighted by Gasteiger charge is 2.35. The normalized spacial score (nSPS) is 11.9. The Hall–Kier alpha value is -4.26. The van der Waals surface area contributed by atoms with Crippen LogP contribution in [-0.2, 0) is 23.4 Å². The summed E-state index contributed by atoms with van der Waals surface area (Å²) < 4.78 is 54.7. The summed E-state index contributed by atoms with van der Waals surface area (Å²) in [4.78, 5) is 38.9. The Morgan fingerprint density at radius 2 is 1.76 bits per heavy atom. The Morgan fingerprint density at radius 1 is 1.05 bits per heavy atom. The van der Waals surface area contributed by atoms with E-state index in [1.54, 1.807) is 23.0 Å². The summed E-state index contributed by atoms with van der Waals surface area (Å²) >= 11 is 0. The standard InChI is InChI=1S/C27H29F3N7O4P/c1-16(2)13-37-14-19(11-33-37)18-6-9-23(21(10-18)25(38)31-3)35-24-22(27(28,29)30)12-32-26(36-24)34-20-7-4-17(5-8-20)15-42(39,40)41/h4-12,14,16H,13,15H2,1-3H3,(H,31,38)(H2,39,40,41)(H2,32,34,35,36). The largest absolute Gasteiger partial charge is 0.421 e. The van der Waals surface area contributed by atoms with E-state index in [4.69, 9.17) is 9.79 Å². The molecule has 0 saturated carbocycles. The van der Waals surface area contributed by atoms with Crippen LogP contribution in [-0.4, -0.2) is 42.5 Å². The highest BCUT2D eigenvalue weighted by Crippen LogP contribution is 2.39. The van der Waals surface area contributed by atoms with Crippen LogP contribution in [0.25, 0.3) is 11.1 Å². The van der Waals surface area contributed by atoms with Gasteiger partial charge in [-0.3, -0.25) is 14.0 Å². The average molecular weight is 604 g/mol. The lowest BCUT2D eigenvalue weighted by Crippen LogP contribution is -2.20. The van der Waals surface area contributed by atoms with E-state index in [9.17, 15) is 22.5 Å². The van der Waals surface area contributed by atoms with E-state index in [1.807, 2.05) is 6.20 Å². The van der Waals surface area contributed by atoms with Gasteiger partial charge >= 0.3 is 13.8 Å². The lowest BCUT2D eigenvalue weighted by atomic mass is 10.0. The number of nitrogens with zero attached hydrogens (tertiary/aromatic N) is 4. The maximum Gasteiger partial charge on any atom is 0.421 e. The van der Waals surface area contributed by atoms with E-state index in [0.717, 1.165) is 5.56 Å². The van der Waals surface area contributed by atoms with E-state index >= 15 is 0 Å². The third kappa shape index (κ3) is 7.93. The van der Waals surface area contributed by atoms with Gasteiger partial charge in [0.25, 0.3) is 5.91 Å². The molecule has 42 heavy (non-hydrogen) atoms. The van der Waals surface area contributed by atoms with Gasteiger partial charge in [0, 0.05) is 37.2 Å². The van der Waals surface area contributed by atoms with Gasteiger partial charge in [-0.05, 0) is 41.3 Å². The average Bonchev–Trinajstić information content (AvgIpc) is 3.36. The highest BCUT2D eigenvalue weighted by atomic mass is 31.2. The predicted octanol–water partition coefficient (Wildman–Crippen LogP) is 5.54. The first-order chi connectivity index (χ1) is 19.7. The summed E-state index contributed by atoms with van der Waals surface area (Å²) in [6.45, 7) is 4.81. The fourth-order valence-corrected chi connectivity index (χ4v) is 4.76. The molecule has 0 fully saturated rings. The van der Waals surface area contributed by atoms with E-state index < -0.39 is 37.2 Å². The first kappa shape index (κ1) is 30.7. The van der Waals surface area contributed by atoms with Crippen LogP contribution in [0.2, 0.25) is 0 Å². The Morgan fingerprint density at radius 3 is 2.38 bits per heavy atom. The van der Waals surface area contributed by atoms with Gasteiger partial charge in [-0.25, -0.2) is 4.98 Å². The van der Waals surface area contributed by atoms with Crippen LogP contribution in [0.4, 0.5) is 36.3 Å². The zero-order valence-electron chi connectivity index (χ0n) is 22.8. The molecule has 222 valence electrons. The number of hydrogen-bond donors (Lipinski definition) is 5. The van der Waals surface area contributed by atoms with Gasteiger partial charge in [0.1, 0.15) is 11.4 Å². The Bertz CT molecular complexity index is 1620. The van der Waals surface area contributed by atoms with Crippen molar-refractivity contribution in [3.8, 4) is 11.1 Å². The molecule has 0 aliphatic carbocycles. The maximum atomic E-state index is 13.9. The number of amides is 1. The zero-order chi connectivity index (χ0) is 30.7. The summed E-state index contributed by atoms with van der Waals surface area (Å²) in [6, 6.07) is 10.6. The maximum absolute atomic E-state index is 13.9. The third-order valence-electron chi connectivity index (χ3n) is 5.96. The van der Waals surface area contributed by atoms with Crippen LogP contribution in [0.5, 0.6) is 0 Å². The number of rotatable bonds is 10. The monoisotopic (exact) mass is 603 g/mol. The molecule has 2 aromatic heterocycles. The molecule has 1 amide bonds. The Balaban J connectivity index is 1.66. The summed E-state index contributed by atoms with van der Waals surface area (Å²) in [5.41, 5.74) is 1.18. The van der Waals surface area contributed by atoms with E-state index in [1.165, 1.54) is 37.4 Å². The van der Waals surface area contributed by atoms with Gasteiger partial charge in [0.2, 0.25) is 5.95 Å². The summed E-state index contributed by atoms with van der Waals surface area (Å²) in [6.07, 6.45) is -1.15. The second kappa shape index (κ2) is 12.3. The second-order valence-electron chi connectivity index (χ2n) is 9.91. The molecule has 4 rings (SSSR count). The fraction of sp³-hybridized carbons (Fsp3) is 0.259. The number of halogens is 3. The molecule has 0 aliphatic rings. The van der Waals surface area contributed by atoms with Gasteiger partial charge < -0.3 is 25.7 Å². The number of nitrogens with one attached hydrogen (secondary N) is 3. The van der Waals surface area contributed by atoms with Gasteiger partial charge in [0.05, 0.1) is 23.6 Å². The minimum absolute atomic E-state index is 0.0876. The van der Waals surface area contributed by atoms with Crippen LogP contribution >= 0.6 is 7.60 Å². The molecule has 2 heterocycles. The van der Waals surface area contributed by atoms with Crippen molar-refractivity contribution in [2.24, 2.45) is 5.92 Å². The van der Waals surface area contributed by atoms with Crippen molar-refractivity contribution >= 4 is 36.6 Å². The quantitative estimate of drug-likeness (QED) is 0.147. The highest BCUT2D eigenvalue weighted by molar-refractivity contribution is 7.50. The summed E-state index contributed by atoms with van der Waals surface area (Å²) in [5.74, 6) is -0.914. The topological polar surface area (TPSA) is 154 Å². The van der Waals surface area contributed by atoms with Crippen molar-refractivity contribution in [2.45, 2.75) is 32.7 Å². The zero-order valence-corrected chi connectivity index (χ0v) is 23.7. The van der Waals surface area contributed by atoms with Crippen molar-refractivity contribution in [3.63, 3.8) is 0 Å². The minimum Gasteiger partial charge on any atom is -0.355 e. The molecule has 0 unspecified atom stereocenters. The molecular formula is C27H29F3N7O4P. The number of anilines is 4. The molecule has 0 aliphatic heterocycles. The fourth-order valence-electron chi connectivity index (χ4n) is 4.07. The Labute approximate surface area is 239 Å². The summed E-state index contributed by atoms with van der Waals surface area (Å²) in [7, 11) is -2.85. The summed E-state index contributed by atoms with van der Waals surface area (Å²) in [5, 5.41) is 12.3. The third-order valence-corrected chi connectivity index (χ3v) is 6.73. The van der Waals surface area contributed by atoms with Crippen LogP contribution < -0.4 is 16.0 Å².